The summed E-state index contributed by atoms with van der Waals surface area (Å²) in [5.74, 6) is 2.06. The predicted octanol–water partition coefficient (Wildman–Crippen LogP) is -1.10. The maximum Gasteiger partial charge on any atom is 0.218 e. The van der Waals surface area contributed by atoms with Gasteiger partial charge in [0.15, 0.2) is 12.6 Å². The monoisotopic (exact) mass is 636 g/mol. The Balaban J connectivity index is 2.03. The number of carbonyl (C=O) groups is 1. The molecule has 5 N–H and O–H groups in total. The number of hydrogen-bond donors (Lipinski definition) is 6. The minimum Gasteiger partial charge on any atom is -0.726 e. The molecule has 2 fully saturated rings. The molecular weight excluding hydrogens is 594 g/mol. The number of rotatable bonds is 17. The van der Waals surface area contributed by atoms with Gasteiger partial charge in [-0.05, 0) is 43.4 Å². The molecule has 0 aromatic rings. The van der Waals surface area contributed by atoms with Crippen LogP contribution in [-0.4, -0.2) is 131 Å². The number of hydrogen-bond acceptors (Lipinski definition) is 15. The highest BCUT2D eigenvalue weighted by Crippen LogP contribution is 2.31. The van der Waals surface area contributed by atoms with Gasteiger partial charge in [0.05, 0.1) is 19.3 Å². The maximum absolute atomic E-state index is 11.8. The fraction of sp³-hybridized carbons (Fsp3) is 0.957. The van der Waals surface area contributed by atoms with Gasteiger partial charge < -0.3 is 49.2 Å². The number of aliphatic hydroxyl groups excluding tert-OH is 4. The number of nitrogens with one attached hydrogen (secondary N) is 1. The molecular formula is C23H42NO13S3-. The second-order valence-corrected chi connectivity index (χ2v) is 12.4. The fourth-order valence-corrected chi connectivity index (χ4v) is 6.07. The summed E-state index contributed by atoms with van der Waals surface area (Å²) in [6.45, 7) is 2.03. The molecule has 0 spiro atoms. The smallest absolute Gasteiger partial charge is 0.218 e. The predicted molar refractivity (Wildman–Crippen MR) is 145 cm³/mol. The van der Waals surface area contributed by atoms with Crippen LogP contribution in [0.3, 0.4) is 0 Å². The first-order chi connectivity index (χ1) is 18.9. The molecule has 2 heterocycles. The Hall–Kier alpha value is -0.280. The SMILES string of the molecule is CC(=O)N[C@H]1[C@H](O[C@H]2[C@H](O)[C@H](OCCCSCCCCCCS)O[C@@H](C)[C@H]2O)O[C@H](CO)[C@@H](O)[C@@H]1OS(=O)(=O)[O-]. The van der Waals surface area contributed by atoms with E-state index in [1.54, 1.807) is 11.8 Å². The number of aliphatic hydroxyl groups is 4. The third kappa shape index (κ3) is 11.4. The van der Waals surface area contributed by atoms with Gasteiger partial charge in [-0.2, -0.15) is 24.4 Å². The van der Waals surface area contributed by atoms with E-state index in [4.69, 9.17) is 18.9 Å². The number of thioether (sulfide) groups is 1. The van der Waals surface area contributed by atoms with E-state index in [0.717, 1.165) is 37.0 Å². The van der Waals surface area contributed by atoms with Crippen LogP contribution in [0.2, 0.25) is 0 Å². The number of unbranched alkanes of at least 4 members (excludes halogenated alkanes) is 3. The Bertz CT molecular complexity index is 854. The van der Waals surface area contributed by atoms with Crippen LogP contribution in [0.4, 0.5) is 0 Å². The summed E-state index contributed by atoms with van der Waals surface area (Å²) in [4.78, 5) is 11.8. The quantitative estimate of drug-likeness (QED) is 0.0484. The maximum atomic E-state index is 11.8. The minimum absolute atomic E-state index is 0.258. The van der Waals surface area contributed by atoms with Crippen LogP contribution in [0.5, 0.6) is 0 Å². The van der Waals surface area contributed by atoms with Crippen molar-refractivity contribution in [1.29, 1.82) is 0 Å². The molecule has 0 unspecified atom stereocenters. The summed E-state index contributed by atoms with van der Waals surface area (Å²) < 4.78 is 61.1. The van der Waals surface area contributed by atoms with E-state index in [0.29, 0.717) is 6.42 Å². The third-order valence-electron chi connectivity index (χ3n) is 6.44. The molecule has 17 heteroatoms. The van der Waals surface area contributed by atoms with Gasteiger partial charge in [-0.15, -0.1) is 0 Å². The van der Waals surface area contributed by atoms with E-state index in [-0.39, 0.29) is 6.61 Å². The second kappa shape index (κ2) is 17.7. The highest BCUT2D eigenvalue weighted by atomic mass is 32.3. The van der Waals surface area contributed by atoms with Gasteiger partial charge >= 0.3 is 0 Å². The lowest BCUT2D eigenvalue weighted by Gasteiger charge is -2.47. The average Bonchev–Trinajstić information content (AvgIpc) is 2.88. The van der Waals surface area contributed by atoms with Crippen LogP contribution < -0.4 is 5.32 Å². The first-order valence-electron chi connectivity index (χ1n) is 13.2. The number of carbonyl (C=O) groups excluding carboxylic acids is 1. The average molecular weight is 637 g/mol. The molecule has 40 heavy (non-hydrogen) atoms. The van der Waals surface area contributed by atoms with Gasteiger partial charge in [0.2, 0.25) is 16.3 Å². The van der Waals surface area contributed by atoms with Gasteiger partial charge in [-0.25, -0.2) is 8.42 Å². The van der Waals surface area contributed by atoms with Crippen molar-refractivity contribution in [2.45, 2.75) is 107 Å². The molecule has 1 amide bonds. The molecule has 2 aliphatic heterocycles. The van der Waals surface area contributed by atoms with Gasteiger partial charge in [-0.1, -0.05) is 12.8 Å². The zero-order valence-electron chi connectivity index (χ0n) is 22.6. The van der Waals surface area contributed by atoms with Gasteiger partial charge in [0.25, 0.3) is 0 Å². The molecule has 14 nitrogen and oxygen atoms in total. The Morgan fingerprint density at radius 1 is 1.00 bits per heavy atom. The van der Waals surface area contributed by atoms with Crippen molar-refractivity contribution in [3.05, 3.63) is 0 Å². The summed E-state index contributed by atoms with van der Waals surface area (Å²) in [6, 6.07) is -1.58. The van der Waals surface area contributed by atoms with Crippen LogP contribution in [-0.2, 0) is 38.3 Å². The van der Waals surface area contributed by atoms with Crippen molar-refractivity contribution in [2.24, 2.45) is 0 Å². The minimum atomic E-state index is -5.37. The standard InChI is InChI=1S/C23H43NO13S3/c1-13-17(27)21(19(29)23(34-13)33-8-7-11-39-10-6-4-3-5-9-38)36-22-16(24-14(2)26)20(37-40(30,31)32)18(28)15(12-25)35-22/h13,15-23,25,27-29,38H,3-12H2,1-2H3,(H,24,26)(H,30,31,32)/p-1/t13-,15+,16+,17+,18+,19-,20+,21+,22-,23+/m0/s1. The van der Waals surface area contributed by atoms with E-state index >= 15 is 0 Å². The van der Waals surface area contributed by atoms with E-state index in [9.17, 15) is 38.2 Å². The summed E-state index contributed by atoms with van der Waals surface area (Å²) in [7, 11) is -5.37. The van der Waals surface area contributed by atoms with E-state index in [1.807, 2.05) is 0 Å². The molecule has 2 saturated heterocycles. The van der Waals surface area contributed by atoms with Crippen LogP contribution >= 0.6 is 24.4 Å². The molecule has 0 aromatic heterocycles. The fourth-order valence-electron chi connectivity index (χ4n) is 4.40. The zero-order chi connectivity index (χ0) is 29.9. The topological polar surface area (TPSA) is 213 Å². The first-order valence-corrected chi connectivity index (χ1v) is 16.3. The van der Waals surface area contributed by atoms with Crippen LogP contribution in [0.15, 0.2) is 0 Å². The molecule has 10 atom stereocenters. The highest BCUT2D eigenvalue weighted by Gasteiger charge is 2.52. The van der Waals surface area contributed by atoms with Crippen molar-refractivity contribution in [1.82, 2.24) is 5.32 Å². The molecule has 0 bridgehead atoms. The van der Waals surface area contributed by atoms with Crippen molar-refractivity contribution >= 4 is 40.7 Å². The Labute approximate surface area is 244 Å². The lowest BCUT2D eigenvalue weighted by atomic mass is 9.95. The Morgan fingerprint density at radius 3 is 2.30 bits per heavy atom. The largest absolute Gasteiger partial charge is 0.726 e. The molecule has 0 radical (unpaired) electrons. The number of thiol groups is 1. The van der Waals surface area contributed by atoms with Crippen molar-refractivity contribution in [3.8, 4) is 0 Å². The zero-order valence-corrected chi connectivity index (χ0v) is 25.1. The van der Waals surface area contributed by atoms with Gasteiger partial charge in [0.1, 0.15) is 42.7 Å². The van der Waals surface area contributed by atoms with Gasteiger partial charge in [-0.3, -0.25) is 8.98 Å². The normalized spacial score (nSPS) is 35.0. The molecule has 236 valence electrons. The highest BCUT2D eigenvalue weighted by molar-refractivity contribution is 7.99. The molecule has 0 saturated carbocycles. The summed E-state index contributed by atoms with van der Waals surface area (Å²) in [5, 5.41) is 44.0. The first kappa shape index (κ1) is 35.9. The summed E-state index contributed by atoms with van der Waals surface area (Å²) in [5.41, 5.74) is 0. The van der Waals surface area contributed by atoms with Crippen molar-refractivity contribution < 1.29 is 61.3 Å². The van der Waals surface area contributed by atoms with Gasteiger partial charge in [0, 0.05) is 6.92 Å². The van der Waals surface area contributed by atoms with E-state index < -0.39 is 84.3 Å². The van der Waals surface area contributed by atoms with Crippen molar-refractivity contribution in [3.63, 3.8) is 0 Å². The third-order valence-corrected chi connectivity index (χ3v) is 8.37. The van der Waals surface area contributed by atoms with Crippen LogP contribution in [0, 0.1) is 0 Å². The lowest BCUT2D eigenvalue weighted by Crippen LogP contribution is -2.68. The molecule has 0 aromatic carbocycles. The second-order valence-electron chi connectivity index (χ2n) is 9.68. The van der Waals surface area contributed by atoms with E-state index in [2.05, 4.69) is 22.1 Å². The van der Waals surface area contributed by atoms with E-state index in [1.165, 1.54) is 19.8 Å². The summed E-state index contributed by atoms with van der Waals surface area (Å²) in [6.07, 6.45) is -8.10. The molecule has 2 aliphatic rings. The van der Waals surface area contributed by atoms with Crippen LogP contribution in [0.1, 0.15) is 46.0 Å². The van der Waals surface area contributed by atoms with Crippen molar-refractivity contribution in [2.75, 3.05) is 30.5 Å². The summed E-state index contributed by atoms with van der Waals surface area (Å²) >= 11 is 6.00. The molecule has 2 rings (SSSR count). The Kier molecular flexibility index (Phi) is 15.9. The van der Waals surface area contributed by atoms with Crippen LogP contribution in [0.25, 0.3) is 0 Å². The Morgan fingerprint density at radius 2 is 1.68 bits per heavy atom. The molecule has 0 aliphatic carbocycles. The lowest BCUT2D eigenvalue weighted by molar-refractivity contribution is -0.342. The number of ether oxygens (including phenoxy) is 4. The number of amides is 1.